The summed E-state index contributed by atoms with van der Waals surface area (Å²) in [5.74, 6) is 2.30. The lowest BCUT2D eigenvalue weighted by Crippen LogP contribution is -2.21. The molecule has 2 heteroatoms. The first-order valence-corrected chi connectivity index (χ1v) is 10.5. The lowest BCUT2D eigenvalue weighted by molar-refractivity contribution is 0.242. The summed E-state index contributed by atoms with van der Waals surface area (Å²) in [4.78, 5) is 0. The van der Waals surface area contributed by atoms with Gasteiger partial charge >= 0.3 is 0 Å². The summed E-state index contributed by atoms with van der Waals surface area (Å²) in [6.07, 6.45) is 3.89. The Morgan fingerprint density at radius 3 is 2.00 bits per heavy atom. The van der Waals surface area contributed by atoms with E-state index in [-0.39, 0.29) is 6.10 Å². The monoisotopic (exact) mass is 367 g/mol. The largest absolute Gasteiger partial charge is 0.491 e. The molecule has 0 bridgehead atoms. The third-order valence-corrected chi connectivity index (χ3v) is 5.06. The van der Waals surface area contributed by atoms with E-state index < -0.39 is 0 Å². The number of ether oxygens (including phenoxy) is 1. The van der Waals surface area contributed by atoms with Gasteiger partial charge in [0.05, 0.1) is 6.10 Å². The zero-order chi connectivity index (χ0) is 19.6. The predicted octanol–water partition coefficient (Wildman–Crippen LogP) is 6.73. The molecule has 0 aliphatic heterocycles. The molecule has 0 aliphatic rings. The van der Waals surface area contributed by atoms with E-state index in [4.69, 9.17) is 4.74 Å². The molecular weight excluding hydrogens is 330 g/mol. The average molecular weight is 368 g/mol. The first kappa shape index (κ1) is 21.5. The van der Waals surface area contributed by atoms with Crippen molar-refractivity contribution in [3.8, 4) is 5.75 Å². The molecule has 2 aromatic carbocycles. The zero-order valence-corrected chi connectivity index (χ0v) is 17.7. The lowest BCUT2D eigenvalue weighted by atomic mass is 9.88. The first-order valence-electron chi connectivity index (χ1n) is 10.5. The van der Waals surface area contributed by atoms with Crippen LogP contribution in [0.3, 0.4) is 0 Å². The number of benzene rings is 2. The van der Waals surface area contributed by atoms with Crippen LogP contribution in [0.2, 0.25) is 0 Å². The molecular formula is C25H37NO. The Hall–Kier alpha value is -1.80. The Labute approximate surface area is 166 Å². The number of rotatable bonds is 11. The van der Waals surface area contributed by atoms with Crippen molar-refractivity contribution in [3.05, 3.63) is 65.7 Å². The maximum absolute atomic E-state index is 5.80. The lowest BCUT2D eigenvalue weighted by Gasteiger charge is -2.21. The van der Waals surface area contributed by atoms with Gasteiger partial charge in [0, 0.05) is 6.04 Å². The Bertz CT molecular complexity index is 633. The number of hydrogen-bond acceptors (Lipinski definition) is 2. The smallest absolute Gasteiger partial charge is 0.119 e. The molecule has 0 fully saturated rings. The van der Waals surface area contributed by atoms with Crippen molar-refractivity contribution < 1.29 is 4.74 Å². The number of hydrogen-bond donors (Lipinski definition) is 1. The molecule has 0 aliphatic carbocycles. The maximum Gasteiger partial charge on any atom is 0.119 e. The van der Waals surface area contributed by atoms with Crippen LogP contribution in [0.5, 0.6) is 5.75 Å². The second-order valence-corrected chi connectivity index (χ2v) is 8.28. The van der Waals surface area contributed by atoms with Gasteiger partial charge in [-0.1, -0.05) is 62.7 Å². The molecule has 27 heavy (non-hydrogen) atoms. The fourth-order valence-corrected chi connectivity index (χ4v) is 3.44. The predicted molar refractivity (Wildman–Crippen MR) is 116 cm³/mol. The highest BCUT2D eigenvalue weighted by Gasteiger charge is 2.14. The van der Waals surface area contributed by atoms with Crippen molar-refractivity contribution in [2.24, 2.45) is 5.92 Å². The van der Waals surface area contributed by atoms with E-state index >= 15 is 0 Å². The quantitative estimate of drug-likeness (QED) is 0.475. The molecule has 0 amide bonds. The second kappa shape index (κ2) is 11.1. The summed E-state index contributed by atoms with van der Waals surface area (Å²) in [5.41, 5.74) is 2.78. The Morgan fingerprint density at radius 1 is 0.741 bits per heavy atom. The summed E-state index contributed by atoms with van der Waals surface area (Å²) in [6, 6.07) is 19.8. The minimum atomic E-state index is 0.219. The molecule has 0 spiro atoms. The van der Waals surface area contributed by atoms with E-state index in [0.29, 0.717) is 12.0 Å². The van der Waals surface area contributed by atoms with E-state index in [2.05, 4.69) is 94.5 Å². The van der Waals surface area contributed by atoms with E-state index in [1.165, 1.54) is 24.0 Å². The molecule has 0 heterocycles. The van der Waals surface area contributed by atoms with Gasteiger partial charge in [-0.15, -0.1) is 0 Å². The zero-order valence-electron chi connectivity index (χ0n) is 17.7. The van der Waals surface area contributed by atoms with Crippen LogP contribution >= 0.6 is 0 Å². The van der Waals surface area contributed by atoms with Gasteiger partial charge in [0.25, 0.3) is 0 Å². The SMILES string of the molecule is CC(C)CC[C@@H](CCN[C@H](C)c1ccccc1)c1ccc(OC(C)C)cc1. The highest BCUT2D eigenvalue weighted by Crippen LogP contribution is 2.28. The van der Waals surface area contributed by atoms with Crippen LogP contribution in [0.25, 0.3) is 0 Å². The van der Waals surface area contributed by atoms with Gasteiger partial charge in [-0.3, -0.25) is 0 Å². The fraction of sp³-hybridized carbons (Fsp3) is 0.520. The molecule has 0 unspecified atom stereocenters. The van der Waals surface area contributed by atoms with Crippen LogP contribution < -0.4 is 10.1 Å². The molecule has 2 aromatic rings. The molecule has 0 radical (unpaired) electrons. The third-order valence-electron chi connectivity index (χ3n) is 5.06. The second-order valence-electron chi connectivity index (χ2n) is 8.28. The molecule has 0 aromatic heterocycles. The summed E-state index contributed by atoms with van der Waals surface area (Å²) in [5, 5.41) is 3.70. The van der Waals surface area contributed by atoms with Gasteiger partial charge < -0.3 is 10.1 Å². The average Bonchev–Trinajstić information content (AvgIpc) is 2.65. The van der Waals surface area contributed by atoms with Crippen molar-refractivity contribution in [1.29, 1.82) is 0 Å². The highest BCUT2D eigenvalue weighted by atomic mass is 16.5. The molecule has 0 saturated carbocycles. The van der Waals surface area contributed by atoms with Gasteiger partial charge in [-0.2, -0.15) is 0 Å². The molecule has 2 nitrogen and oxygen atoms in total. The summed E-state index contributed by atoms with van der Waals surface area (Å²) in [7, 11) is 0. The van der Waals surface area contributed by atoms with E-state index in [9.17, 15) is 0 Å². The minimum absolute atomic E-state index is 0.219. The van der Waals surface area contributed by atoms with Gasteiger partial charge in [0.15, 0.2) is 0 Å². The van der Waals surface area contributed by atoms with Crippen molar-refractivity contribution >= 4 is 0 Å². The third kappa shape index (κ3) is 7.76. The number of nitrogens with one attached hydrogen (secondary N) is 1. The van der Waals surface area contributed by atoms with Gasteiger partial charge in [0.2, 0.25) is 0 Å². The Balaban J connectivity index is 1.95. The summed E-state index contributed by atoms with van der Waals surface area (Å²) < 4.78 is 5.80. The van der Waals surface area contributed by atoms with Crippen LogP contribution in [0.4, 0.5) is 0 Å². The Kier molecular flexibility index (Phi) is 8.87. The maximum atomic E-state index is 5.80. The van der Waals surface area contributed by atoms with Crippen LogP contribution in [0, 0.1) is 5.92 Å². The molecule has 1 N–H and O–H groups in total. The van der Waals surface area contributed by atoms with Crippen molar-refractivity contribution in [2.45, 2.75) is 71.9 Å². The van der Waals surface area contributed by atoms with E-state index in [0.717, 1.165) is 24.6 Å². The van der Waals surface area contributed by atoms with E-state index in [1.54, 1.807) is 0 Å². The molecule has 2 atom stereocenters. The first-order chi connectivity index (χ1) is 13.0. The van der Waals surface area contributed by atoms with Crippen molar-refractivity contribution in [1.82, 2.24) is 5.32 Å². The van der Waals surface area contributed by atoms with Crippen LogP contribution in [-0.4, -0.2) is 12.6 Å². The minimum Gasteiger partial charge on any atom is -0.491 e. The van der Waals surface area contributed by atoms with Crippen molar-refractivity contribution in [3.63, 3.8) is 0 Å². The summed E-state index contributed by atoms with van der Waals surface area (Å²) in [6.45, 7) is 12.0. The standard InChI is InChI=1S/C25H37NO/c1-19(2)11-12-24(23-13-15-25(16-14-23)27-20(3)4)17-18-26-21(5)22-9-7-6-8-10-22/h6-10,13-16,19-21,24,26H,11-12,17-18H2,1-5H3/t21-,24+/m1/s1. The van der Waals surface area contributed by atoms with Crippen LogP contribution in [-0.2, 0) is 0 Å². The highest BCUT2D eigenvalue weighted by molar-refractivity contribution is 5.29. The van der Waals surface area contributed by atoms with Gasteiger partial charge in [0.1, 0.15) is 5.75 Å². The molecule has 2 rings (SSSR count). The molecule has 0 saturated heterocycles. The Morgan fingerprint density at radius 2 is 1.41 bits per heavy atom. The molecule has 148 valence electrons. The van der Waals surface area contributed by atoms with Gasteiger partial charge in [-0.05, 0) is 75.3 Å². The van der Waals surface area contributed by atoms with E-state index in [1.807, 2.05) is 0 Å². The fourth-order valence-electron chi connectivity index (χ4n) is 3.44. The summed E-state index contributed by atoms with van der Waals surface area (Å²) >= 11 is 0. The van der Waals surface area contributed by atoms with Crippen LogP contribution in [0.1, 0.15) is 77.0 Å². The normalized spacial score (nSPS) is 13.7. The van der Waals surface area contributed by atoms with Gasteiger partial charge in [-0.25, -0.2) is 0 Å². The van der Waals surface area contributed by atoms with Crippen molar-refractivity contribution in [2.75, 3.05) is 6.54 Å². The van der Waals surface area contributed by atoms with Crippen LogP contribution in [0.15, 0.2) is 54.6 Å². The topological polar surface area (TPSA) is 21.3 Å².